The molecule has 82 valence electrons. The highest BCUT2D eigenvalue weighted by molar-refractivity contribution is 5.78. The number of rotatable bonds is 4. The molecule has 0 unspecified atom stereocenters. The minimum Gasteiger partial charge on any atom is -0.338 e. The van der Waals surface area contributed by atoms with Crippen molar-refractivity contribution in [3.05, 3.63) is 36.5 Å². The number of hydrogen-bond donors (Lipinski definition) is 0. The summed E-state index contributed by atoms with van der Waals surface area (Å²) in [7, 11) is 0. The Morgan fingerprint density at radius 1 is 1.60 bits per heavy atom. The fourth-order valence-electron chi connectivity index (χ4n) is 1.50. The Bertz CT molecular complexity index is 321. The topological polar surface area (TPSA) is 20.3 Å². The van der Waals surface area contributed by atoms with Crippen molar-refractivity contribution in [2.24, 2.45) is 0 Å². The highest BCUT2D eigenvalue weighted by atomic mass is 19.2. The molecule has 1 aliphatic rings. The maximum atomic E-state index is 13.0. The molecule has 0 radical (unpaired) electrons. The Balaban J connectivity index is 2.71. The predicted molar refractivity (Wildman–Crippen MR) is 54.4 cm³/mol. The number of amides is 1. The van der Waals surface area contributed by atoms with E-state index in [2.05, 4.69) is 6.58 Å². The fraction of sp³-hybridized carbons (Fsp3) is 0.364. The molecule has 1 heterocycles. The van der Waals surface area contributed by atoms with Crippen LogP contribution in [0, 0.1) is 0 Å². The zero-order chi connectivity index (χ0) is 11.3. The van der Waals surface area contributed by atoms with Crippen LogP contribution in [0.2, 0.25) is 0 Å². The molecule has 2 nitrogen and oxygen atoms in total. The van der Waals surface area contributed by atoms with Crippen LogP contribution in [0.4, 0.5) is 8.78 Å². The minimum atomic E-state index is -0.949. The molecular formula is C11H13F2NO. The molecule has 0 aromatic heterocycles. The van der Waals surface area contributed by atoms with Crippen LogP contribution < -0.4 is 0 Å². The van der Waals surface area contributed by atoms with Crippen molar-refractivity contribution < 1.29 is 13.6 Å². The van der Waals surface area contributed by atoms with Gasteiger partial charge >= 0.3 is 0 Å². The third-order valence-corrected chi connectivity index (χ3v) is 2.25. The van der Waals surface area contributed by atoms with Crippen LogP contribution in [0.3, 0.4) is 0 Å². The number of carbonyl (C=O) groups is 1. The highest BCUT2D eigenvalue weighted by Crippen LogP contribution is 2.18. The van der Waals surface area contributed by atoms with Crippen LogP contribution >= 0.6 is 0 Å². The first-order chi connectivity index (χ1) is 7.19. The van der Waals surface area contributed by atoms with Crippen LogP contribution in [0.15, 0.2) is 36.5 Å². The van der Waals surface area contributed by atoms with E-state index >= 15 is 0 Å². The van der Waals surface area contributed by atoms with Gasteiger partial charge in [0.2, 0.25) is 5.91 Å². The summed E-state index contributed by atoms with van der Waals surface area (Å²) >= 11 is 0. The minimum absolute atomic E-state index is 0.0170. The van der Waals surface area contributed by atoms with E-state index in [1.165, 1.54) is 17.1 Å². The molecule has 15 heavy (non-hydrogen) atoms. The van der Waals surface area contributed by atoms with E-state index in [9.17, 15) is 13.6 Å². The SMILES string of the molecule is C=C/C=C(CN1CCCC1=O)\C(F)=C\F. The van der Waals surface area contributed by atoms with Gasteiger partial charge in [-0.3, -0.25) is 4.79 Å². The van der Waals surface area contributed by atoms with Gasteiger partial charge in [0, 0.05) is 25.1 Å². The molecule has 0 aromatic carbocycles. The molecule has 0 N–H and O–H groups in total. The van der Waals surface area contributed by atoms with Gasteiger partial charge < -0.3 is 4.90 Å². The normalized spacial score (nSPS) is 18.5. The molecule has 1 rings (SSSR count). The van der Waals surface area contributed by atoms with Crippen LogP contribution in [0.25, 0.3) is 0 Å². The summed E-state index contributed by atoms with van der Waals surface area (Å²) in [5, 5.41) is 0. The van der Waals surface area contributed by atoms with E-state index in [4.69, 9.17) is 0 Å². The molecule has 4 heteroatoms. The first kappa shape index (κ1) is 11.6. The number of hydrogen-bond acceptors (Lipinski definition) is 1. The number of carbonyl (C=O) groups excluding carboxylic acids is 1. The fourth-order valence-corrected chi connectivity index (χ4v) is 1.50. The lowest BCUT2D eigenvalue weighted by Gasteiger charge is -2.16. The predicted octanol–water partition coefficient (Wildman–Crippen LogP) is 2.50. The van der Waals surface area contributed by atoms with Gasteiger partial charge in [-0.1, -0.05) is 18.7 Å². The van der Waals surface area contributed by atoms with Gasteiger partial charge in [-0.2, -0.15) is 0 Å². The molecule has 0 aromatic rings. The summed E-state index contributed by atoms with van der Waals surface area (Å²) in [6, 6.07) is 0. The van der Waals surface area contributed by atoms with Crippen molar-refractivity contribution >= 4 is 5.91 Å². The molecule has 0 saturated carbocycles. The van der Waals surface area contributed by atoms with Crippen LogP contribution in [0.5, 0.6) is 0 Å². The van der Waals surface area contributed by atoms with Crippen molar-refractivity contribution in [3.8, 4) is 0 Å². The molecule has 1 aliphatic heterocycles. The zero-order valence-corrected chi connectivity index (χ0v) is 8.38. The Labute approximate surface area is 87.6 Å². The lowest BCUT2D eigenvalue weighted by molar-refractivity contribution is -0.127. The van der Waals surface area contributed by atoms with Gasteiger partial charge in [0.05, 0.1) is 0 Å². The quantitative estimate of drug-likeness (QED) is 0.657. The van der Waals surface area contributed by atoms with E-state index in [-0.39, 0.29) is 24.4 Å². The summed E-state index contributed by atoms with van der Waals surface area (Å²) in [6.45, 7) is 4.13. The number of halogens is 2. The number of likely N-dealkylation sites (tertiary alicyclic amines) is 1. The second-order valence-corrected chi connectivity index (χ2v) is 3.30. The van der Waals surface area contributed by atoms with Crippen molar-refractivity contribution in [1.82, 2.24) is 4.90 Å². The van der Waals surface area contributed by atoms with E-state index in [0.717, 1.165) is 6.42 Å². The van der Waals surface area contributed by atoms with E-state index in [1.54, 1.807) is 0 Å². The van der Waals surface area contributed by atoms with Crippen molar-refractivity contribution in [1.29, 1.82) is 0 Å². The maximum absolute atomic E-state index is 13.0. The number of nitrogens with zero attached hydrogens (tertiary/aromatic N) is 1. The van der Waals surface area contributed by atoms with Crippen molar-refractivity contribution in [2.45, 2.75) is 12.8 Å². The van der Waals surface area contributed by atoms with Crippen LogP contribution in [-0.4, -0.2) is 23.9 Å². The van der Waals surface area contributed by atoms with Crippen molar-refractivity contribution in [3.63, 3.8) is 0 Å². The third-order valence-electron chi connectivity index (χ3n) is 2.25. The largest absolute Gasteiger partial charge is 0.338 e. The van der Waals surface area contributed by atoms with Gasteiger partial charge in [-0.05, 0) is 6.42 Å². The summed E-state index contributed by atoms with van der Waals surface area (Å²) < 4.78 is 25.0. The second-order valence-electron chi connectivity index (χ2n) is 3.30. The van der Waals surface area contributed by atoms with E-state index < -0.39 is 5.83 Å². The zero-order valence-electron chi connectivity index (χ0n) is 8.38. The van der Waals surface area contributed by atoms with Gasteiger partial charge in [0.1, 0.15) is 6.33 Å². The molecule has 0 atom stereocenters. The number of allylic oxidation sites excluding steroid dienone is 2. The average molecular weight is 213 g/mol. The van der Waals surface area contributed by atoms with Gasteiger partial charge in [0.25, 0.3) is 0 Å². The standard InChI is InChI=1S/C11H13F2NO/c1-2-4-9(10(13)7-12)8-14-6-3-5-11(14)15/h2,4,7H,1,3,5-6,8H2/b9-4-,10-7-. The summed E-state index contributed by atoms with van der Waals surface area (Å²) in [6.07, 6.45) is 3.91. The van der Waals surface area contributed by atoms with Gasteiger partial charge in [0.15, 0.2) is 5.83 Å². The first-order valence-electron chi connectivity index (χ1n) is 4.74. The molecule has 0 bridgehead atoms. The maximum Gasteiger partial charge on any atom is 0.222 e. The Hall–Kier alpha value is -1.45. The lowest BCUT2D eigenvalue weighted by Crippen LogP contribution is -2.27. The van der Waals surface area contributed by atoms with Gasteiger partial charge in [-0.25, -0.2) is 8.78 Å². The summed E-state index contributed by atoms with van der Waals surface area (Å²) in [4.78, 5) is 12.8. The van der Waals surface area contributed by atoms with E-state index in [1.807, 2.05) is 0 Å². The molecule has 0 spiro atoms. The van der Waals surface area contributed by atoms with Gasteiger partial charge in [-0.15, -0.1) is 0 Å². The lowest BCUT2D eigenvalue weighted by atomic mass is 10.2. The third kappa shape index (κ3) is 3.01. The smallest absolute Gasteiger partial charge is 0.222 e. The summed E-state index contributed by atoms with van der Waals surface area (Å²) in [5.41, 5.74) is 0.141. The summed E-state index contributed by atoms with van der Waals surface area (Å²) in [5.74, 6) is -0.966. The Morgan fingerprint density at radius 2 is 2.33 bits per heavy atom. The average Bonchev–Trinajstić information content (AvgIpc) is 2.63. The molecule has 1 amide bonds. The van der Waals surface area contributed by atoms with Crippen LogP contribution in [0.1, 0.15) is 12.8 Å². The first-order valence-corrected chi connectivity index (χ1v) is 4.74. The Morgan fingerprint density at radius 3 is 2.80 bits per heavy atom. The molecule has 1 saturated heterocycles. The second kappa shape index (κ2) is 5.44. The molecule has 1 fully saturated rings. The monoisotopic (exact) mass is 213 g/mol. The molecule has 0 aliphatic carbocycles. The van der Waals surface area contributed by atoms with Crippen LogP contribution in [-0.2, 0) is 4.79 Å². The Kier molecular flexibility index (Phi) is 4.21. The molecular weight excluding hydrogens is 200 g/mol. The van der Waals surface area contributed by atoms with E-state index in [0.29, 0.717) is 13.0 Å². The van der Waals surface area contributed by atoms with Crippen molar-refractivity contribution in [2.75, 3.05) is 13.1 Å². The highest BCUT2D eigenvalue weighted by Gasteiger charge is 2.21.